The molecule has 3 aromatic rings. The first-order valence-electron chi connectivity index (χ1n) is 9.12. The third-order valence-electron chi connectivity index (χ3n) is 4.32. The van der Waals surface area contributed by atoms with E-state index in [1.54, 1.807) is 30.3 Å². The lowest BCUT2D eigenvalue weighted by molar-refractivity contribution is -0.127. The quantitative estimate of drug-likeness (QED) is 0.524. The molecule has 1 N–H and O–H groups in total. The normalized spacial score (nSPS) is 17.6. The average molecular weight is 457 g/mol. The number of carbonyl (C=O) groups excluding carboxylic acids is 2. The Morgan fingerprint density at radius 3 is 2.80 bits per heavy atom. The number of nitrogens with zero attached hydrogens (tertiary/aromatic N) is 3. The van der Waals surface area contributed by atoms with Gasteiger partial charge < -0.3 is 5.32 Å². The number of amides is 2. The largest absolute Gasteiger partial charge is 0.325 e. The summed E-state index contributed by atoms with van der Waals surface area (Å²) >= 11 is 8.81. The molecule has 1 fully saturated rings. The molecule has 1 aliphatic heterocycles. The summed E-state index contributed by atoms with van der Waals surface area (Å²) in [5, 5.41) is 3.73. The first kappa shape index (κ1) is 20.6. The van der Waals surface area contributed by atoms with Crippen LogP contribution in [0.25, 0.3) is 10.2 Å². The van der Waals surface area contributed by atoms with Gasteiger partial charge in [-0.15, -0.1) is 6.58 Å². The molecule has 0 radical (unpaired) electrons. The van der Waals surface area contributed by atoms with Gasteiger partial charge in [0.2, 0.25) is 16.9 Å². The van der Waals surface area contributed by atoms with Crippen LogP contribution in [-0.4, -0.2) is 38.7 Å². The fraction of sp³-hybridized carbons (Fsp3) is 0.143. The number of para-hydroxylation sites is 2. The summed E-state index contributed by atoms with van der Waals surface area (Å²) in [6.07, 6.45) is 1.65. The number of carbonyl (C=O) groups is 2. The highest BCUT2D eigenvalue weighted by molar-refractivity contribution is 8.15. The Morgan fingerprint density at radius 2 is 2.03 bits per heavy atom. The molecule has 0 saturated carbocycles. The summed E-state index contributed by atoms with van der Waals surface area (Å²) in [5.41, 5.74) is 1.38. The van der Waals surface area contributed by atoms with Crippen LogP contribution in [0.15, 0.2) is 66.2 Å². The lowest BCUT2D eigenvalue weighted by atomic mass is 10.2. The van der Waals surface area contributed by atoms with E-state index in [1.165, 1.54) is 28.0 Å². The minimum Gasteiger partial charge on any atom is -0.325 e. The number of rotatable bonds is 6. The number of benzene rings is 2. The molecule has 2 heterocycles. The van der Waals surface area contributed by atoms with E-state index in [2.05, 4.69) is 21.9 Å². The number of nitrogens with one attached hydrogen (secondary N) is 1. The molecule has 0 aliphatic carbocycles. The van der Waals surface area contributed by atoms with Gasteiger partial charge in [-0.05, 0) is 24.3 Å². The number of halogens is 1. The number of aliphatic imine (C=N–C) groups is 1. The van der Waals surface area contributed by atoms with Crippen LogP contribution in [0.3, 0.4) is 0 Å². The van der Waals surface area contributed by atoms with E-state index in [1.807, 2.05) is 24.3 Å². The number of thioether (sulfide) groups is 1. The van der Waals surface area contributed by atoms with Crippen molar-refractivity contribution in [2.45, 2.75) is 11.7 Å². The van der Waals surface area contributed by atoms with E-state index in [9.17, 15) is 9.59 Å². The Labute approximate surface area is 186 Å². The van der Waals surface area contributed by atoms with Crippen molar-refractivity contribution in [3.63, 3.8) is 0 Å². The molecule has 6 nitrogen and oxygen atoms in total. The van der Waals surface area contributed by atoms with Gasteiger partial charge in [-0.3, -0.25) is 14.5 Å². The fourth-order valence-corrected chi connectivity index (χ4v) is 5.17. The molecule has 0 spiro atoms. The monoisotopic (exact) mass is 456 g/mol. The van der Waals surface area contributed by atoms with E-state index < -0.39 is 5.25 Å². The second-order valence-corrected chi connectivity index (χ2v) is 9.02. The lowest BCUT2D eigenvalue weighted by Gasteiger charge is -2.13. The zero-order chi connectivity index (χ0) is 21.1. The molecule has 2 aromatic carbocycles. The second kappa shape index (κ2) is 8.99. The Kier molecular flexibility index (Phi) is 6.17. The van der Waals surface area contributed by atoms with Crippen LogP contribution in [0.1, 0.15) is 6.42 Å². The molecule has 30 heavy (non-hydrogen) atoms. The van der Waals surface area contributed by atoms with Crippen LogP contribution >= 0.6 is 34.7 Å². The number of anilines is 1. The van der Waals surface area contributed by atoms with Crippen molar-refractivity contribution < 1.29 is 9.59 Å². The third kappa shape index (κ3) is 4.40. The van der Waals surface area contributed by atoms with Gasteiger partial charge in [0, 0.05) is 13.0 Å². The number of fused-ring (bicyclic) bond motifs is 1. The smallest absolute Gasteiger partial charge is 0.242 e. The van der Waals surface area contributed by atoms with Crippen molar-refractivity contribution in [1.29, 1.82) is 0 Å². The van der Waals surface area contributed by atoms with Gasteiger partial charge in [-0.2, -0.15) is 4.99 Å². The third-order valence-corrected chi connectivity index (χ3v) is 6.76. The molecule has 152 valence electrons. The Bertz CT molecular complexity index is 1130. The number of hydrogen-bond donors (Lipinski definition) is 1. The molecular weight excluding hydrogens is 440 g/mol. The minimum atomic E-state index is -0.569. The van der Waals surface area contributed by atoms with Gasteiger partial charge in [0.1, 0.15) is 5.25 Å². The van der Waals surface area contributed by atoms with Crippen molar-refractivity contribution in [3.8, 4) is 0 Å². The van der Waals surface area contributed by atoms with Gasteiger partial charge in [0.25, 0.3) is 0 Å². The van der Waals surface area contributed by atoms with Crippen LogP contribution in [0.2, 0.25) is 5.02 Å². The molecule has 1 saturated heterocycles. The van der Waals surface area contributed by atoms with Crippen molar-refractivity contribution in [2.75, 3.05) is 11.9 Å². The summed E-state index contributed by atoms with van der Waals surface area (Å²) in [4.78, 5) is 36.0. The highest BCUT2D eigenvalue weighted by atomic mass is 35.5. The van der Waals surface area contributed by atoms with Crippen molar-refractivity contribution in [1.82, 2.24) is 9.88 Å². The number of amidine groups is 1. The minimum absolute atomic E-state index is 0.0151. The highest BCUT2D eigenvalue weighted by Crippen LogP contribution is 2.34. The first-order chi connectivity index (χ1) is 14.5. The first-order valence-corrected chi connectivity index (χ1v) is 11.2. The SMILES string of the molecule is C=CCN1C(=O)C(CC(=O)Nc2ccccc2Cl)SC1=Nc1nc2ccccc2s1. The predicted octanol–water partition coefficient (Wildman–Crippen LogP) is 5.10. The molecule has 1 aromatic heterocycles. The predicted molar refractivity (Wildman–Crippen MR) is 125 cm³/mol. The van der Waals surface area contributed by atoms with Gasteiger partial charge in [0.05, 0.1) is 20.9 Å². The number of hydrogen-bond acceptors (Lipinski definition) is 6. The van der Waals surface area contributed by atoms with Crippen LogP contribution in [-0.2, 0) is 9.59 Å². The van der Waals surface area contributed by atoms with Crippen molar-refractivity contribution in [3.05, 3.63) is 66.2 Å². The molecular formula is C21H17ClN4O2S2. The molecule has 1 atom stereocenters. The van der Waals surface area contributed by atoms with Gasteiger partial charge >= 0.3 is 0 Å². The van der Waals surface area contributed by atoms with Crippen molar-refractivity contribution >= 4 is 72.7 Å². The second-order valence-electron chi connectivity index (χ2n) is 6.43. The summed E-state index contributed by atoms with van der Waals surface area (Å²) in [7, 11) is 0. The summed E-state index contributed by atoms with van der Waals surface area (Å²) in [5.74, 6) is -0.456. The maximum atomic E-state index is 12.9. The van der Waals surface area contributed by atoms with Crippen LogP contribution in [0.4, 0.5) is 10.8 Å². The van der Waals surface area contributed by atoms with E-state index in [0.29, 0.717) is 27.6 Å². The zero-order valence-corrected chi connectivity index (χ0v) is 18.1. The number of aromatic nitrogens is 1. The molecule has 1 aliphatic rings. The fourth-order valence-electron chi connectivity index (χ4n) is 2.94. The van der Waals surface area contributed by atoms with E-state index in [-0.39, 0.29) is 18.2 Å². The maximum absolute atomic E-state index is 12.9. The molecule has 2 amide bonds. The Hall–Kier alpha value is -2.68. The maximum Gasteiger partial charge on any atom is 0.242 e. The van der Waals surface area contributed by atoms with Crippen molar-refractivity contribution in [2.24, 2.45) is 4.99 Å². The topological polar surface area (TPSA) is 74.7 Å². The highest BCUT2D eigenvalue weighted by Gasteiger charge is 2.38. The van der Waals surface area contributed by atoms with E-state index >= 15 is 0 Å². The standard InChI is InChI=1S/C21H17ClN4O2S2/c1-2-11-26-19(28)17(12-18(27)23-14-8-4-3-7-13(14)22)30-21(26)25-20-24-15-9-5-6-10-16(15)29-20/h2-10,17H,1,11-12H2,(H,23,27). The van der Waals surface area contributed by atoms with Gasteiger partial charge in [0.15, 0.2) is 5.17 Å². The summed E-state index contributed by atoms with van der Waals surface area (Å²) < 4.78 is 1.03. The summed E-state index contributed by atoms with van der Waals surface area (Å²) in [6.45, 7) is 4.04. The molecule has 0 bridgehead atoms. The molecule has 9 heteroatoms. The van der Waals surface area contributed by atoms with E-state index in [0.717, 1.165) is 10.2 Å². The Morgan fingerprint density at radius 1 is 1.27 bits per heavy atom. The van der Waals surface area contributed by atoms with Gasteiger partial charge in [-0.1, -0.05) is 65.0 Å². The van der Waals surface area contributed by atoms with Crippen LogP contribution < -0.4 is 5.32 Å². The number of thiazole rings is 1. The molecule has 4 rings (SSSR count). The zero-order valence-electron chi connectivity index (χ0n) is 15.7. The average Bonchev–Trinajstić information content (AvgIpc) is 3.26. The van der Waals surface area contributed by atoms with Crippen LogP contribution in [0, 0.1) is 0 Å². The summed E-state index contributed by atoms with van der Waals surface area (Å²) in [6, 6.07) is 14.7. The van der Waals surface area contributed by atoms with Crippen LogP contribution in [0.5, 0.6) is 0 Å². The lowest BCUT2D eigenvalue weighted by Crippen LogP contribution is -2.33. The molecule has 1 unspecified atom stereocenters. The Balaban J connectivity index is 1.52. The van der Waals surface area contributed by atoms with Gasteiger partial charge in [-0.25, -0.2) is 4.98 Å². The van der Waals surface area contributed by atoms with E-state index in [4.69, 9.17) is 11.6 Å².